The summed E-state index contributed by atoms with van der Waals surface area (Å²) in [7, 11) is 1.39. The Morgan fingerprint density at radius 1 is 1.37 bits per heavy atom. The summed E-state index contributed by atoms with van der Waals surface area (Å²) in [4.78, 5) is 21.3. The number of alkyl halides is 2. The largest absolute Gasteiger partial charge is 0.480 e. The third-order valence-corrected chi connectivity index (χ3v) is 5.98. The molecule has 0 atom stereocenters. The molecule has 156 valence electrons. The molecular formula is C21H20F2N4O3. The molecule has 2 bridgehead atoms. The van der Waals surface area contributed by atoms with Crippen LogP contribution in [0.3, 0.4) is 0 Å². The summed E-state index contributed by atoms with van der Waals surface area (Å²) in [5.41, 5.74) is 0.847. The Hall–Kier alpha value is -3.07. The number of nitrogens with zero attached hydrogens (tertiary/aromatic N) is 3. The third kappa shape index (κ3) is 2.84. The first kappa shape index (κ1) is 18.9. The van der Waals surface area contributed by atoms with Crippen molar-refractivity contribution in [3.63, 3.8) is 0 Å². The predicted octanol–water partition coefficient (Wildman–Crippen LogP) is 3.75. The maximum Gasteiger partial charge on any atom is 0.266 e. The first-order valence-electron chi connectivity index (χ1n) is 9.58. The van der Waals surface area contributed by atoms with E-state index in [1.165, 1.54) is 31.6 Å². The van der Waals surface area contributed by atoms with Gasteiger partial charge in [0, 0.05) is 29.6 Å². The fraction of sp³-hybridized carbons (Fsp3) is 0.381. The van der Waals surface area contributed by atoms with Crippen molar-refractivity contribution in [1.29, 1.82) is 0 Å². The van der Waals surface area contributed by atoms with Gasteiger partial charge in [-0.15, -0.1) is 0 Å². The van der Waals surface area contributed by atoms with Crippen LogP contribution in [0.15, 0.2) is 36.8 Å². The molecular weight excluding hydrogens is 394 g/mol. The van der Waals surface area contributed by atoms with Crippen LogP contribution in [0.25, 0.3) is 5.65 Å². The lowest BCUT2D eigenvalue weighted by Gasteiger charge is -2.41. The maximum absolute atomic E-state index is 13.7. The summed E-state index contributed by atoms with van der Waals surface area (Å²) < 4.78 is 40.1. The summed E-state index contributed by atoms with van der Waals surface area (Å²) >= 11 is 0. The standard InChI is InChI=1S/C21H20F2N4O3/c1-20-9-21(10-20,11-30-20)15-8-27-7-14(13(17(22)23)6-16(27)26-15)25-18(28)12-4-3-5-24-19(12)29-2/h3-8,17H,9-11H2,1-2H3,(H,25,28). The molecule has 7 nitrogen and oxygen atoms in total. The van der Waals surface area contributed by atoms with Crippen LogP contribution in [-0.4, -0.2) is 39.6 Å². The third-order valence-electron chi connectivity index (χ3n) is 5.98. The van der Waals surface area contributed by atoms with Crippen LogP contribution in [0.4, 0.5) is 14.5 Å². The van der Waals surface area contributed by atoms with Crippen LogP contribution in [0.2, 0.25) is 0 Å². The van der Waals surface area contributed by atoms with Crippen molar-refractivity contribution < 1.29 is 23.0 Å². The summed E-state index contributed by atoms with van der Waals surface area (Å²) in [6.45, 7) is 2.66. The van der Waals surface area contributed by atoms with Crippen LogP contribution < -0.4 is 10.1 Å². The van der Waals surface area contributed by atoms with Gasteiger partial charge in [-0.3, -0.25) is 4.79 Å². The maximum atomic E-state index is 13.7. The molecule has 2 saturated heterocycles. The Kier molecular flexibility index (Phi) is 4.08. The van der Waals surface area contributed by atoms with E-state index in [0.717, 1.165) is 18.5 Å². The Morgan fingerprint density at radius 2 is 2.17 bits per heavy atom. The molecule has 0 radical (unpaired) electrons. The van der Waals surface area contributed by atoms with Crippen molar-refractivity contribution in [1.82, 2.24) is 14.4 Å². The highest BCUT2D eigenvalue weighted by Crippen LogP contribution is 2.58. The quantitative estimate of drug-likeness (QED) is 0.688. The summed E-state index contributed by atoms with van der Waals surface area (Å²) in [6.07, 6.45) is 3.75. The van der Waals surface area contributed by atoms with Gasteiger partial charge in [0.15, 0.2) is 0 Å². The number of nitrogens with one attached hydrogen (secondary N) is 1. The summed E-state index contributed by atoms with van der Waals surface area (Å²) in [5.74, 6) is -0.466. The number of amides is 1. The second kappa shape index (κ2) is 6.46. The van der Waals surface area contributed by atoms with Gasteiger partial charge in [0.25, 0.3) is 12.3 Å². The fourth-order valence-corrected chi connectivity index (χ4v) is 4.66. The number of fused-ring (bicyclic) bond motifs is 2. The number of anilines is 1. The zero-order valence-corrected chi connectivity index (χ0v) is 16.5. The van der Waals surface area contributed by atoms with Crippen LogP contribution in [0.5, 0.6) is 5.88 Å². The van der Waals surface area contributed by atoms with Crippen LogP contribution in [0, 0.1) is 0 Å². The van der Waals surface area contributed by atoms with Gasteiger partial charge in [0.1, 0.15) is 11.2 Å². The van der Waals surface area contributed by atoms with Gasteiger partial charge in [-0.1, -0.05) is 0 Å². The molecule has 30 heavy (non-hydrogen) atoms. The number of hydrogen-bond acceptors (Lipinski definition) is 5. The normalized spacial score (nSPS) is 24.8. The van der Waals surface area contributed by atoms with Gasteiger partial charge in [-0.25, -0.2) is 18.7 Å². The highest BCUT2D eigenvalue weighted by molar-refractivity contribution is 6.06. The molecule has 1 N–H and O–H groups in total. The molecule has 3 aromatic heterocycles. The number of carbonyl (C=O) groups excluding carboxylic acids is 1. The van der Waals surface area contributed by atoms with Crippen molar-refractivity contribution in [3.8, 4) is 5.88 Å². The number of aromatic nitrogens is 3. The molecule has 9 heteroatoms. The smallest absolute Gasteiger partial charge is 0.266 e. The molecule has 0 unspecified atom stereocenters. The molecule has 3 aromatic rings. The Morgan fingerprint density at radius 3 is 2.83 bits per heavy atom. The van der Waals surface area contributed by atoms with Crippen molar-refractivity contribution in [2.45, 2.75) is 37.2 Å². The summed E-state index contributed by atoms with van der Waals surface area (Å²) in [6, 6.07) is 4.41. The van der Waals surface area contributed by atoms with E-state index >= 15 is 0 Å². The first-order chi connectivity index (χ1) is 14.3. The minimum absolute atomic E-state index is 0.0102. The minimum atomic E-state index is -2.78. The van der Waals surface area contributed by atoms with Gasteiger partial charge in [0.05, 0.1) is 30.7 Å². The number of halogens is 2. The first-order valence-corrected chi connectivity index (χ1v) is 9.58. The zero-order chi connectivity index (χ0) is 21.1. The summed E-state index contributed by atoms with van der Waals surface area (Å²) in [5, 5.41) is 2.57. The number of rotatable bonds is 5. The highest BCUT2D eigenvalue weighted by atomic mass is 19.3. The lowest BCUT2D eigenvalue weighted by Crippen LogP contribution is -2.45. The number of imidazole rings is 1. The van der Waals surface area contributed by atoms with E-state index in [-0.39, 0.29) is 33.7 Å². The van der Waals surface area contributed by atoms with Crippen molar-refractivity contribution in [2.75, 3.05) is 19.0 Å². The highest BCUT2D eigenvalue weighted by Gasteiger charge is 2.61. The topological polar surface area (TPSA) is 77.8 Å². The van der Waals surface area contributed by atoms with Gasteiger partial charge in [-0.05, 0) is 38.0 Å². The van der Waals surface area contributed by atoms with Crippen LogP contribution in [0.1, 0.15) is 47.8 Å². The van der Waals surface area contributed by atoms with Crippen LogP contribution in [-0.2, 0) is 10.2 Å². The number of pyridine rings is 2. The molecule has 6 rings (SSSR count). The van der Waals surface area contributed by atoms with E-state index in [1.54, 1.807) is 10.5 Å². The molecule has 0 aromatic carbocycles. The second-order valence-corrected chi connectivity index (χ2v) is 8.22. The van der Waals surface area contributed by atoms with Gasteiger partial charge >= 0.3 is 0 Å². The number of hydrogen-bond donors (Lipinski definition) is 1. The van der Waals surface area contributed by atoms with Gasteiger partial charge < -0.3 is 19.2 Å². The van der Waals surface area contributed by atoms with E-state index < -0.39 is 12.3 Å². The monoisotopic (exact) mass is 414 g/mol. The molecule has 0 spiro atoms. The lowest BCUT2D eigenvalue weighted by atomic mass is 9.62. The Labute approximate surface area is 171 Å². The SMILES string of the molecule is COc1ncccc1C(=O)Nc1cn2cc(C34COC(C)(C3)C4)nc2cc1C(F)F. The number of methoxy groups -OCH3 is 1. The van der Waals surface area contributed by atoms with Crippen molar-refractivity contribution in [2.24, 2.45) is 0 Å². The fourth-order valence-electron chi connectivity index (χ4n) is 4.66. The average molecular weight is 414 g/mol. The minimum Gasteiger partial charge on any atom is -0.480 e. The van der Waals surface area contributed by atoms with E-state index in [9.17, 15) is 13.6 Å². The van der Waals surface area contributed by atoms with E-state index in [4.69, 9.17) is 9.47 Å². The Balaban J connectivity index is 1.51. The van der Waals surface area contributed by atoms with Gasteiger partial charge in [-0.2, -0.15) is 0 Å². The molecule has 3 fully saturated rings. The molecule has 1 amide bonds. The Bertz CT molecular complexity index is 1150. The van der Waals surface area contributed by atoms with Crippen LogP contribution >= 0.6 is 0 Å². The van der Waals surface area contributed by atoms with Crippen molar-refractivity contribution >= 4 is 17.2 Å². The van der Waals surface area contributed by atoms with E-state index in [0.29, 0.717) is 12.3 Å². The van der Waals surface area contributed by atoms with E-state index in [1.807, 2.05) is 6.20 Å². The molecule has 1 aliphatic carbocycles. The molecule has 3 aliphatic rings. The lowest BCUT2D eigenvalue weighted by molar-refractivity contribution is 0.0154. The zero-order valence-electron chi connectivity index (χ0n) is 16.5. The molecule has 1 saturated carbocycles. The second-order valence-electron chi connectivity index (χ2n) is 8.22. The molecule has 5 heterocycles. The predicted molar refractivity (Wildman–Crippen MR) is 104 cm³/mol. The number of ether oxygens (including phenoxy) is 2. The van der Waals surface area contributed by atoms with Gasteiger partial charge in [0.2, 0.25) is 5.88 Å². The number of carbonyl (C=O) groups is 1. The van der Waals surface area contributed by atoms with Crippen molar-refractivity contribution in [3.05, 3.63) is 53.6 Å². The average Bonchev–Trinajstić information content (AvgIpc) is 3.37. The molecule has 2 aliphatic heterocycles. The van der Waals surface area contributed by atoms with E-state index in [2.05, 4.69) is 22.2 Å².